The molecule has 0 amide bonds. The first-order chi connectivity index (χ1) is 16.0. The quantitative estimate of drug-likeness (QED) is 0.629. The lowest BCUT2D eigenvalue weighted by Crippen LogP contribution is -2.60. The highest BCUT2D eigenvalue weighted by molar-refractivity contribution is 7.98. The van der Waals surface area contributed by atoms with Gasteiger partial charge in [0.1, 0.15) is 6.10 Å². The van der Waals surface area contributed by atoms with E-state index in [4.69, 9.17) is 14.9 Å². The Balaban J connectivity index is 1.66. The second-order valence-electron chi connectivity index (χ2n) is 8.90. The van der Waals surface area contributed by atoms with Crippen LogP contribution in [0, 0.1) is 56.2 Å². The summed E-state index contributed by atoms with van der Waals surface area (Å²) in [6.07, 6.45) is 2.71. The summed E-state index contributed by atoms with van der Waals surface area (Å²) < 4.78 is 12.6. The molecule has 6 nitrogen and oxygen atoms in total. The number of nitrogens with one attached hydrogen (secondary N) is 1. The predicted octanol–water partition coefficient (Wildman–Crippen LogP) is 5.31. The molecular formula is C26H22N4O2S. The number of ether oxygens (including phenoxy) is 2. The molecule has 2 aliphatic heterocycles. The van der Waals surface area contributed by atoms with Crippen LogP contribution in [0.25, 0.3) is 0 Å². The fraction of sp³-hybridized carbons (Fsp3) is 0.385. The van der Waals surface area contributed by atoms with Gasteiger partial charge in [-0.15, -0.1) is 11.8 Å². The Morgan fingerprint density at radius 3 is 2.27 bits per heavy atom. The van der Waals surface area contributed by atoms with Crippen molar-refractivity contribution in [2.45, 2.75) is 42.0 Å². The molecule has 3 fully saturated rings. The Labute approximate surface area is 197 Å². The minimum atomic E-state index is -1.91. The van der Waals surface area contributed by atoms with Gasteiger partial charge in [0.2, 0.25) is 17.1 Å². The van der Waals surface area contributed by atoms with Crippen molar-refractivity contribution < 1.29 is 9.47 Å². The molecule has 0 radical (unpaired) electrons. The van der Waals surface area contributed by atoms with Crippen molar-refractivity contribution in [2.24, 2.45) is 16.7 Å². The molecule has 2 bridgehead atoms. The average molecular weight is 455 g/mol. The summed E-state index contributed by atoms with van der Waals surface area (Å²) in [6.45, 7) is 0. The number of nitriles is 3. The third kappa shape index (κ3) is 2.72. The normalized spacial score (nSPS) is 33.6. The van der Waals surface area contributed by atoms with E-state index in [2.05, 4.69) is 30.3 Å². The van der Waals surface area contributed by atoms with Crippen molar-refractivity contribution in [2.75, 3.05) is 6.26 Å². The maximum Gasteiger partial charge on any atom is 0.217 e. The van der Waals surface area contributed by atoms with E-state index in [-0.39, 0.29) is 11.8 Å². The summed E-state index contributed by atoms with van der Waals surface area (Å²) >= 11 is 1.59. The lowest BCUT2D eigenvalue weighted by atomic mass is 9.50. The number of nitrogens with zero attached hydrogens (tertiary/aromatic N) is 3. The van der Waals surface area contributed by atoms with Gasteiger partial charge in [0.05, 0.1) is 24.1 Å². The van der Waals surface area contributed by atoms with Crippen LogP contribution in [0.1, 0.15) is 42.4 Å². The van der Waals surface area contributed by atoms with Gasteiger partial charge in [-0.1, -0.05) is 42.5 Å². The molecule has 5 unspecified atom stereocenters. The zero-order valence-electron chi connectivity index (χ0n) is 18.1. The van der Waals surface area contributed by atoms with Gasteiger partial charge in [-0.3, -0.25) is 5.41 Å². The summed E-state index contributed by atoms with van der Waals surface area (Å²) in [5, 5.41) is 40.1. The third-order valence-corrected chi connectivity index (χ3v) is 8.34. The lowest BCUT2D eigenvalue weighted by molar-refractivity contribution is -0.296. The standard InChI is InChI=1S/C26H22N4O2S/c1-33-20-9-7-18(8-10-20)22-24(14-27,15-28)25(16-29)21-13-19(17-5-3-2-4-6-17)11-12-26(21,31-22)32-23(25)30/h2-10,19,21-22,30H,11-13H2,1H3. The molecule has 1 N–H and O–H groups in total. The largest absolute Gasteiger partial charge is 0.447 e. The van der Waals surface area contributed by atoms with E-state index in [1.54, 1.807) is 11.8 Å². The summed E-state index contributed by atoms with van der Waals surface area (Å²) in [6, 6.07) is 24.1. The van der Waals surface area contributed by atoms with Crippen LogP contribution in [0.5, 0.6) is 0 Å². The second-order valence-corrected chi connectivity index (χ2v) is 9.78. The van der Waals surface area contributed by atoms with E-state index in [9.17, 15) is 15.8 Å². The molecule has 2 aromatic carbocycles. The van der Waals surface area contributed by atoms with Gasteiger partial charge in [0, 0.05) is 11.3 Å². The van der Waals surface area contributed by atoms with Gasteiger partial charge in [0.15, 0.2) is 5.41 Å². The Hall–Kier alpha value is -3.31. The van der Waals surface area contributed by atoms with E-state index in [0.717, 1.165) is 16.9 Å². The number of rotatable bonds is 3. The van der Waals surface area contributed by atoms with Crippen molar-refractivity contribution in [1.82, 2.24) is 0 Å². The first-order valence-electron chi connectivity index (χ1n) is 10.9. The molecule has 2 heterocycles. The van der Waals surface area contributed by atoms with Gasteiger partial charge in [-0.2, -0.15) is 15.8 Å². The molecule has 33 heavy (non-hydrogen) atoms. The molecule has 3 aliphatic rings. The molecule has 164 valence electrons. The fourth-order valence-electron chi connectivity index (χ4n) is 5.95. The van der Waals surface area contributed by atoms with Crippen LogP contribution < -0.4 is 0 Å². The molecule has 7 heteroatoms. The maximum atomic E-state index is 10.5. The van der Waals surface area contributed by atoms with Gasteiger partial charge in [-0.25, -0.2) is 0 Å². The van der Waals surface area contributed by atoms with Crippen LogP contribution in [0.2, 0.25) is 0 Å². The first-order valence-corrected chi connectivity index (χ1v) is 12.1. The molecule has 5 atom stereocenters. The van der Waals surface area contributed by atoms with E-state index >= 15 is 0 Å². The highest BCUT2D eigenvalue weighted by Gasteiger charge is 2.81. The van der Waals surface area contributed by atoms with Crippen molar-refractivity contribution >= 4 is 17.7 Å². The second kappa shape index (κ2) is 7.63. The highest BCUT2D eigenvalue weighted by Crippen LogP contribution is 2.70. The molecule has 5 rings (SSSR count). The minimum Gasteiger partial charge on any atom is -0.447 e. The molecule has 0 spiro atoms. The van der Waals surface area contributed by atoms with Crippen LogP contribution in [0.3, 0.4) is 0 Å². The molecule has 2 saturated heterocycles. The molecule has 1 saturated carbocycles. The fourth-order valence-corrected chi connectivity index (χ4v) is 6.35. The van der Waals surface area contributed by atoms with Gasteiger partial charge < -0.3 is 9.47 Å². The molecule has 0 aromatic heterocycles. The zero-order valence-corrected chi connectivity index (χ0v) is 18.9. The SMILES string of the molecule is CSc1ccc(C2OC34CCC(c5ccccc5)CC3C(C#N)(C(=N)O4)C2(C#N)C#N)cc1. The number of hydrogen-bond donors (Lipinski definition) is 1. The van der Waals surface area contributed by atoms with E-state index in [0.29, 0.717) is 18.4 Å². The summed E-state index contributed by atoms with van der Waals surface area (Å²) in [5.74, 6) is -1.99. The number of thioether (sulfide) groups is 1. The Morgan fingerprint density at radius 1 is 0.970 bits per heavy atom. The molecular weight excluding hydrogens is 432 g/mol. The van der Waals surface area contributed by atoms with Crippen molar-refractivity contribution in [3.63, 3.8) is 0 Å². The number of benzene rings is 2. The van der Waals surface area contributed by atoms with E-state index in [1.807, 2.05) is 48.7 Å². The van der Waals surface area contributed by atoms with Crippen molar-refractivity contribution in [1.29, 1.82) is 21.2 Å². The first kappa shape index (κ1) is 21.5. The van der Waals surface area contributed by atoms with Crippen molar-refractivity contribution in [3.8, 4) is 18.2 Å². The third-order valence-electron chi connectivity index (χ3n) is 7.60. The summed E-state index contributed by atoms with van der Waals surface area (Å²) in [5.41, 5.74) is -1.86. The Bertz CT molecular complexity index is 1210. The van der Waals surface area contributed by atoms with Crippen LogP contribution in [0.15, 0.2) is 59.5 Å². The zero-order chi connectivity index (χ0) is 23.3. The molecule has 1 aliphatic carbocycles. The lowest BCUT2D eigenvalue weighted by Gasteiger charge is -2.52. The topological polar surface area (TPSA) is 114 Å². The van der Waals surface area contributed by atoms with Gasteiger partial charge in [0.25, 0.3) is 0 Å². The van der Waals surface area contributed by atoms with Crippen LogP contribution >= 0.6 is 11.8 Å². The van der Waals surface area contributed by atoms with Gasteiger partial charge in [-0.05, 0) is 48.3 Å². The summed E-state index contributed by atoms with van der Waals surface area (Å²) in [4.78, 5) is 1.04. The van der Waals surface area contributed by atoms with E-state index < -0.39 is 28.6 Å². The van der Waals surface area contributed by atoms with E-state index in [1.165, 1.54) is 0 Å². The van der Waals surface area contributed by atoms with Crippen LogP contribution in [0.4, 0.5) is 0 Å². The summed E-state index contributed by atoms with van der Waals surface area (Å²) in [7, 11) is 0. The predicted molar refractivity (Wildman–Crippen MR) is 122 cm³/mol. The van der Waals surface area contributed by atoms with Crippen LogP contribution in [-0.2, 0) is 9.47 Å². The smallest absolute Gasteiger partial charge is 0.217 e. The Morgan fingerprint density at radius 2 is 1.67 bits per heavy atom. The minimum absolute atomic E-state index is 0.127. The monoisotopic (exact) mass is 454 g/mol. The Kier molecular flexibility index (Phi) is 4.98. The highest BCUT2D eigenvalue weighted by atomic mass is 32.2. The number of hydrogen-bond acceptors (Lipinski definition) is 7. The van der Waals surface area contributed by atoms with Gasteiger partial charge >= 0.3 is 0 Å². The van der Waals surface area contributed by atoms with Crippen LogP contribution in [-0.4, -0.2) is 17.9 Å². The average Bonchev–Trinajstić information content (AvgIpc) is 3.07. The molecule has 2 aromatic rings. The maximum absolute atomic E-state index is 10.5. The van der Waals surface area contributed by atoms with Crippen molar-refractivity contribution in [3.05, 3.63) is 65.7 Å².